The predicted octanol–water partition coefficient (Wildman–Crippen LogP) is 1.30. The van der Waals surface area contributed by atoms with Crippen molar-refractivity contribution in [2.45, 2.75) is 24.8 Å². The third-order valence-electron chi connectivity index (χ3n) is 4.94. The number of likely N-dealkylation sites (N-methyl/N-ethyl adjacent to an activating group) is 1. The fourth-order valence-electron chi connectivity index (χ4n) is 3.18. The Bertz CT molecular complexity index is 496. The SMILES string of the molecule is CN1CCN(C(=O)CN[C@]2(C)C[C@H]2c2ccccc2)CC1. The monoisotopic (exact) mass is 287 g/mol. The van der Waals surface area contributed by atoms with E-state index in [9.17, 15) is 4.79 Å². The summed E-state index contributed by atoms with van der Waals surface area (Å²) in [6, 6.07) is 10.6. The maximum absolute atomic E-state index is 12.3. The third kappa shape index (κ3) is 3.27. The lowest BCUT2D eigenvalue weighted by Crippen LogP contribution is -2.50. The predicted molar refractivity (Wildman–Crippen MR) is 84.3 cm³/mol. The van der Waals surface area contributed by atoms with Gasteiger partial charge < -0.3 is 15.1 Å². The van der Waals surface area contributed by atoms with Crippen LogP contribution in [0.5, 0.6) is 0 Å². The second kappa shape index (κ2) is 5.78. The summed E-state index contributed by atoms with van der Waals surface area (Å²) >= 11 is 0. The largest absolute Gasteiger partial charge is 0.339 e. The minimum atomic E-state index is 0.0869. The molecule has 0 bridgehead atoms. The van der Waals surface area contributed by atoms with Crippen molar-refractivity contribution in [3.63, 3.8) is 0 Å². The van der Waals surface area contributed by atoms with E-state index in [1.807, 2.05) is 11.0 Å². The van der Waals surface area contributed by atoms with E-state index in [1.54, 1.807) is 0 Å². The van der Waals surface area contributed by atoms with Gasteiger partial charge in [0.1, 0.15) is 0 Å². The molecule has 4 nitrogen and oxygen atoms in total. The summed E-state index contributed by atoms with van der Waals surface area (Å²) in [6.45, 7) is 6.36. The molecular weight excluding hydrogens is 262 g/mol. The summed E-state index contributed by atoms with van der Waals surface area (Å²) < 4.78 is 0. The summed E-state index contributed by atoms with van der Waals surface area (Å²) in [4.78, 5) is 16.5. The van der Waals surface area contributed by atoms with E-state index < -0.39 is 0 Å². The maximum Gasteiger partial charge on any atom is 0.236 e. The van der Waals surface area contributed by atoms with Crippen LogP contribution in [0.15, 0.2) is 30.3 Å². The molecule has 1 N–H and O–H groups in total. The van der Waals surface area contributed by atoms with Crippen molar-refractivity contribution in [3.05, 3.63) is 35.9 Å². The lowest BCUT2D eigenvalue weighted by atomic mass is 10.1. The van der Waals surface area contributed by atoms with Gasteiger partial charge in [0.25, 0.3) is 0 Å². The summed E-state index contributed by atoms with van der Waals surface area (Å²) in [7, 11) is 2.11. The first-order valence-electron chi connectivity index (χ1n) is 7.85. The van der Waals surface area contributed by atoms with Crippen LogP contribution < -0.4 is 5.32 Å². The number of rotatable bonds is 4. The highest BCUT2D eigenvalue weighted by molar-refractivity contribution is 5.78. The van der Waals surface area contributed by atoms with Crippen molar-refractivity contribution in [1.29, 1.82) is 0 Å². The van der Waals surface area contributed by atoms with Crippen LogP contribution in [0.1, 0.15) is 24.8 Å². The number of carbonyl (C=O) groups excluding carboxylic acids is 1. The zero-order valence-electron chi connectivity index (χ0n) is 13.0. The fourth-order valence-corrected chi connectivity index (χ4v) is 3.18. The molecule has 114 valence electrons. The van der Waals surface area contributed by atoms with Crippen LogP contribution in [-0.2, 0) is 4.79 Å². The highest BCUT2D eigenvalue weighted by atomic mass is 16.2. The van der Waals surface area contributed by atoms with Crippen molar-refractivity contribution in [1.82, 2.24) is 15.1 Å². The number of amides is 1. The standard InChI is InChI=1S/C17H25N3O/c1-17(12-15(17)14-6-4-3-5-7-14)18-13-16(21)20-10-8-19(2)9-11-20/h3-7,15,18H,8-13H2,1-2H3/t15-,17+/m0/s1. The van der Waals surface area contributed by atoms with Gasteiger partial charge in [-0.05, 0) is 26.0 Å². The van der Waals surface area contributed by atoms with Gasteiger partial charge in [-0.3, -0.25) is 4.79 Å². The summed E-state index contributed by atoms with van der Waals surface area (Å²) in [6.07, 6.45) is 1.12. The number of nitrogens with zero attached hydrogens (tertiary/aromatic N) is 2. The highest BCUT2D eigenvalue weighted by Gasteiger charge is 2.50. The van der Waals surface area contributed by atoms with Crippen molar-refractivity contribution in [2.75, 3.05) is 39.8 Å². The molecule has 2 fully saturated rings. The first-order valence-corrected chi connectivity index (χ1v) is 7.85. The lowest BCUT2D eigenvalue weighted by Gasteiger charge is -2.32. The lowest BCUT2D eigenvalue weighted by molar-refractivity contribution is -0.131. The van der Waals surface area contributed by atoms with Crippen LogP contribution in [0.3, 0.4) is 0 Å². The van der Waals surface area contributed by atoms with Gasteiger partial charge in [-0.2, -0.15) is 0 Å². The number of hydrogen-bond acceptors (Lipinski definition) is 3. The van der Waals surface area contributed by atoms with E-state index in [0.717, 1.165) is 32.6 Å². The van der Waals surface area contributed by atoms with Crippen LogP contribution in [-0.4, -0.2) is 61.0 Å². The zero-order chi connectivity index (χ0) is 14.9. The number of piperazine rings is 1. The Morgan fingerprint density at radius 3 is 2.57 bits per heavy atom. The number of nitrogens with one attached hydrogen (secondary N) is 1. The number of benzene rings is 1. The van der Waals surface area contributed by atoms with E-state index in [-0.39, 0.29) is 11.4 Å². The molecule has 0 unspecified atom stereocenters. The number of hydrogen-bond donors (Lipinski definition) is 1. The van der Waals surface area contributed by atoms with Gasteiger partial charge in [0.05, 0.1) is 6.54 Å². The van der Waals surface area contributed by atoms with Crippen LogP contribution in [0, 0.1) is 0 Å². The van der Waals surface area contributed by atoms with E-state index in [4.69, 9.17) is 0 Å². The molecule has 1 heterocycles. The van der Waals surface area contributed by atoms with Crippen molar-refractivity contribution >= 4 is 5.91 Å². The van der Waals surface area contributed by atoms with E-state index in [1.165, 1.54) is 5.56 Å². The average molecular weight is 287 g/mol. The topological polar surface area (TPSA) is 35.6 Å². The molecule has 1 saturated heterocycles. The van der Waals surface area contributed by atoms with Crippen LogP contribution in [0.2, 0.25) is 0 Å². The van der Waals surface area contributed by atoms with E-state index in [2.05, 4.69) is 48.5 Å². The zero-order valence-corrected chi connectivity index (χ0v) is 13.0. The molecule has 2 atom stereocenters. The molecule has 1 amide bonds. The Labute approximate surface area is 127 Å². The van der Waals surface area contributed by atoms with Crippen molar-refractivity contribution in [3.8, 4) is 0 Å². The van der Waals surface area contributed by atoms with Gasteiger partial charge in [-0.1, -0.05) is 30.3 Å². The minimum absolute atomic E-state index is 0.0869. The van der Waals surface area contributed by atoms with Crippen molar-refractivity contribution in [2.24, 2.45) is 0 Å². The molecule has 1 aliphatic heterocycles. The molecular formula is C17H25N3O. The molecule has 1 saturated carbocycles. The smallest absolute Gasteiger partial charge is 0.236 e. The molecule has 2 aliphatic rings. The molecule has 4 heteroatoms. The molecule has 3 rings (SSSR count). The summed E-state index contributed by atoms with van der Waals surface area (Å²) in [5.74, 6) is 0.780. The third-order valence-corrected chi connectivity index (χ3v) is 4.94. The molecule has 1 aromatic carbocycles. The Hall–Kier alpha value is -1.39. The Balaban J connectivity index is 1.49. The fraction of sp³-hybridized carbons (Fsp3) is 0.588. The first-order chi connectivity index (χ1) is 10.1. The molecule has 0 spiro atoms. The Kier molecular flexibility index (Phi) is 4.00. The first kappa shape index (κ1) is 14.5. The molecule has 1 aliphatic carbocycles. The number of carbonyl (C=O) groups is 1. The van der Waals surface area contributed by atoms with Crippen molar-refractivity contribution < 1.29 is 4.79 Å². The Morgan fingerprint density at radius 1 is 1.24 bits per heavy atom. The average Bonchev–Trinajstić information content (AvgIpc) is 3.19. The quantitative estimate of drug-likeness (QED) is 0.906. The van der Waals surface area contributed by atoms with Gasteiger partial charge in [0.2, 0.25) is 5.91 Å². The maximum atomic E-state index is 12.3. The second-order valence-electron chi connectivity index (χ2n) is 6.62. The molecule has 0 radical (unpaired) electrons. The molecule has 21 heavy (non-hydrogen) atoms. The molecule has 0 aromatic heterocycles. The molecule has 1 aromatic rings. The highest BCUT2D eigenvalue weighted by Crippen LogP contribution is 2.50. The van der Waals surface area contributed by atoms with Gasteiger partial charge in [0.15, 0.2) is 0 Å². The second-order valence-corrected chi connectivity index (χ2v) is 6.62. The van der Waals surface area contributed by atoms with Gasteiger partial charge in [-0.15, -0.1) is 0 Å². The van der Waals surface area contributed by atoms with Gasteiger partial charge in [-0.25, -0.2) is 0 Å². The Morgan fingerprint density at radius 2 is 1.90 bits per heavy atom. The van der Waals surface area contributed by atoms with E-state index >= 15 is 0 Å². The van der Waals surface area contributed by atoms with Crippen LogP contribution in [0.25, 0.3) is 0 Å². The minimum Gasteiger partial charge on any atom is -0.339 e. The van der Waals surface area contributed by atoms with Gasteiger partial charge in [0, 0.05) is 37.6 Å². The normalized spacial score (nSPS) is 29.4. The van der Waals surface area contributed by atoms with Crippen LogP contribution in [0.4, 0.5) is 0 Å². The van der Waals surface area contributed by atoms with Gasteiger partial charge >= 0.3 is 0 Å². The van der Waals surface area contributed by atoms with Crippen LogP contribution >= 0.6 is 0 Å². The summed E-state index contributed by atoms with van der Waals surface area (Å²) in [5, 5.41) is 3.49. The van der Waals surface area contributed by atoms with E-state index in [0.29, 0.717) is 12.5 Å². The summed E-state index contributed by atoms with van der Waals surface area (Å²) in [5.41, 5.74) is 1.46.